The summed E-state index contributed by atoms with van der Waals surface area (Å²) in [6.45, 7) is 0.139. The van der Waals surface area contributed by atoms with E-state index < -0.39 is 12.7 Å². The molecule has 0 aromatic rings. The minimum Gasteiger partial charge on any atom is -0.307 e. The fourth-order valence-corrected chi connectivity index (χ4v) is 0.567. The van der Waals surface area contributed by atoms with Crippen LogP contribution in [-0.4, -0.2) is 32.4 Å². The van der Waals surface area contributed by atoms with Crippen molar-refractivity contribution < 1.29 is 13.2 Å². The second kappa shape index (κ2) is 5.86. The molecule has 2 N–H and O–H groups in total. The summed E-state index contributed by atoms with van der Waals surface area (Å²) in [6.07, 6.45) is 0.767. The maximum Gasteiger partial charge on any atom is 0.401 e. The third-order valence-corrected chi connectivity index (χ3v) is 1.03. The van der Waals surface area contributed by atoms with Gasteiger partial charge in [-0.15, -0.1) is 6.42 Å². The topological polar surface area (TPSA) is 24.1 Å². The summed E-state index contributed by atoms with van der Waals surface area (Å²) in [5.74, 6) is 2.31. The SMILES string of the molecule is C#CCNCCNCC(F)(F)F. The fraction of sp³-hybridized carbons (Fsp3) is 0.714. The van der Waals surface area contributed by atoms with Gasteiger partial charge in [0.05, 0.1) is 13.1 Å². The number of hydrogen-bond acceptors (Lipinski definition) is 2. The van der Waals surface area contributed by atoms with E-state index in [2.05, 4.69) is 16.6 Å². The minimum absolute atomic E-state index is 0.265. The van der Waals surface area contributed by atoms with Crippen LogP contribution in [0.2, 0.25) is 0 Å². The maximum atomic E-state index is 11.5. The molecule has 0 bridgehead atoms. The molecule has 0 aliphatic carbocycles. The van der Waals surface area contributed by atoms with Gasteiger partial charge in [0, 0.05) is 13.1 Å². The molecule has 0 saturated carbocycles. The fourth-order valence-electron chi connectivity index (χ4n) is 0.567. The third-order valence-electron chi connectivity index (χ3n) is 1.03. The molecule has 0 atom stereocenters. The monoisotopic (exact) mass is 180 g/mol. The van der Waals surface area contributed by atoms with Crippen LogP contribution < -0.4 is 10.6 Å². The molecule has 0 aromatic heterocycles. The Bertz CT molecular complexity index is 148. The summed E-state index contributed by atoms with van der Waals surface area (Å²) in [6, 6.07) is 0. The highest BCUT2D eigenvalue weighted by atomic mass is 19.4. The lowest BCUT2D eigenvalue weighted by Crippen LogP contribution is -2.34. The lowest BCUT2D eigenvalue weighted by Gasteiger charge is -2.07. The highest BCUT2D eigenvalue weighted by molar-refractivity contribution is 4.86. The van der Waals surface area contributed by atoms with Crippen LogP contribution in [0.25, 0.3) is 0 Å². The first-order chi connectivity index (χ1) is 5.56. The van der Waals surface area contributed by atoms with E-state index in [0.29, 0.717) is 13.1 Å². The zero-order valence-electron chi connectivity index (χ0n) is 6.54. The molecule has 0 heterocycles. The average molecular weight is 180 g/mol. The summed E-state index contributed by atoms with van der Waals surface area (Å²) < 4.78 is 34.5. The Hall–Kier alpha value is -0.730. The number of alkyl halides is 3. The van der Waals surface area contributed by atoms with Gasteiger partial charge in [-0.2, -0.15) is 13.2 Å². The molecule has 12 heavy (non-hydrogen) atoms. The van der Waals surface area contributed by atoms with Gasteiger partial charge in [0.15, 0.2) is 0 Å². The van der Waals surface area contributed by atoms with Crippen molar-refractivity contribution >= 4 is 0 Å². The minimum atomic E-state index is -4.13. The first kappa shape index (κ1) is 11.3. The van der Waals surface area contributed by atoms with Crippen LogP contribution >= 0.6 is 0 Å². The molecule has 0 fully saturated rings. The number of hydrogen-bond donors (Lipinski definition) is 2. The van der Waals surface area contributed by atoms with Gasteiger partial charge in [0.25, 0.3) is 0 Å². The lowest BCUT2D eigenvalue weighted by atomic mass is 10.5. The van der Waals surface area contributed by atoms with Gasteiger partial charge in [-0.25, -0.2) is 0 Å². The second-order valence-electron chi connectivity index (χ2n) is 2.17. The molecule has 0 aliphatic heterocycles. The third kappa shape index (κ3) is 9.27. The van der Waals surface area contributed by atoms with E-state index in [4.69, 9.17) is 6.42 Å². The Morgan fingerprint density at radius 1 is 1.17 bits per heavy atom. The average Bonchev–Trinajstić information content (AvgIpc) is 1.94. The van der Waals surface area contributed by atoms with Gasteiger partial charge in [0.1, 0.15) is 0 Å². The van der Waals surface area contributed by atoms with Crippen molar-refractivity contribution in [2.75, 3.05) is 26.2 Å². The molecule has 0 saturated heterocycles. The summed E-state index contributed by atoms with van der Waals surface area (Å²) in [5.41, 5.74) is 0. The molecule has 0 unspecified atom stereocenters. The number of halogens is 3. The molecule has 2 nitrogen and oxygen atoms in total. The normalized spacial score (nSPS) is 11.2. The van der Waals surface area contributed by atoms with E-state index in [9.17, 15) is 13.2 Å². The van der Waals surface area contributed by atoms with E-state index in [1.165, 1.54) is 0 Å². The molecule has 0 radical (unpaired) electrons. The van der Waals surface area contributed by atoms with Gasteiger partial charge in [-0.3, -0.25) is 0 Å². The van der Waals surface area contributed by atoms with E-state index in [0.717, 1.165) is 0 Å². The Morgan fingerprint density at radius 2 is 1.75 bits per heavy atom. The molecular weight excluding hydrogens is 169 g/mol. The van der Waals surface area contributed by atoms with Gasteiger partial charge in [-0.1, -0.05) is 5.92 Å². The molecule has 0 aliphatic rings. The van der Waals surface area contributed by atoms with Crippen LogP contribution in [0.3, 0.4) is 0 Å². The second-order valence-corrected chi connectivity index (χ2v) is 2.17. The molecule has 0 amide bonds. The summed E-state index contributed by atoms with van der Waals surface area (Å²) in [4.78, 5) is 0. The zero-order chi connectivity index (χ0) is 9.45. The van der Waals surface area contributed by atoms with Crippen LogP contribution in [0, 0.1) is 12.3 Å². The van der Waals surface area contributed by atoms with Crippen LogP contribution in [0.4, 0.5) is 13.2 Å². The highest BCUT2D eigenvalue weighted by Crippen LogP contribution is 2.11. The van der Waals surface area contributed by atoms with Crippen LogP contribution in [-0.2, 0) is 0 Å². The molecule has 0 spiro atoms. The zero-order valence-corrected chi connectivity index (χ0v) is 6.54. The van der Waals surface area contributed by atoms with Gasteiger partial charge in [-0.05, 0) is 0 Å². The Balaban J connectivity index is 3.07. The number of terminal acetylenes is 1. The lowest BCUT2D eigenvalue weighted by molar-refractivity contribution is -0.124. The molecule has 70 valence electrons. The first-order valence-corrected chi connectivity index (χ1v) is 3.48. The van der Waals surface area contributed by atoms with E-state index >= 15 is 0 Å². The molecule has 0 rings (SSSR count). The van der Waals surface area contributed by atoms with Crippen molar-refractivity contribution in [2.45, 2.75) is 6.18 Å². The maximum absolute atomic E-state index is 11.5. The quantitative estimate of drug-likeness (QED) is 0.471. The number of nitrogens with one attached hydrogen (secondary N) is 2. The van der Waals surface area contributed by atoms with Crippen molar-refractivity contribution in [1.29, 1.82) is 0 Å². The van der Waals surface area contributed by atoms with Gasteiger partial charge in [0.2, 0.25) is 0 Å². The molecular formula is C7H11F3N2. The van der Waals surface area contributed by atoms with Crippen molar-refractivity contribution in [2.24, 2.45) is 0 Å². The predicted octanol–water partition coefficient (Wildman–Crippen LogP) is 0.361. The summed E-state index contributed by atoms with van der Waals surface area (Å²) in [5, 5.41) is 4.98. The summed E-state index contributed by atoms with van der Waals surface area (Å²) >= 11 is 0. The molecule has 5 heteroatoms. The van der Waals surface area contributed by atoms with Crippen molar-refractivity contribution in [3.63, 3.8) is 0 Å². The van der Waals surface area contributed by atoms with E-state index in [-0.39, 0.29) is 6.54 Å². The van der Waals surface area contributed by atoms with Gasteiger partial charge >= 0.3 is 6.18 Å². The summed E-state index contributed by atoms with van der Waals surface area (Å²) in [7, 11) is 0. The van der Waals surface area contributed by atoms with Crippen LogP contribution in [0.5, 0.6) is 0 Å². The van der Waals surface area contributed by atoms with Crippen LogP contribution in [0.1, 0.15) is 0 Å². The predicted molar refractivity (Wildman–Crippen MR) is 40.6 cm³/mol. The van der Waals surface area contributed by atoms with Crippen molar-refractivity contribution in [3.8, 4) is 12.3 Å². The Morgan fingerprint density at radius 3 is 2.25 bits per heavy atom. The van der Waals surface area contributed by atoms with Crippen LogP contribution in [0.15, 0.2) is 0 Å². The Labute approximate surface area is 69.5 Å². The van der Waals surface area contributed by atoms with E-state index in [1.807, 2.05) is 0 Å². The van der Waals surface area contributed by atoms with Crippen molar-refractivity contribution in [3.05, 3.63) is 0 Å². The standard InChI is InChI=1S/C7H11F3N2/c1-2-3-11-4-5-12-6-7(8,9)10/h1,11-12H,3-6H2. The number of rotatable bonds is 5. The largest absolute Gasteiger partial charge is 0.401 e. The smallest absolute Gasteiger partial charge is 0.307 e. The van der Waals surface area contributed by atoms with Gasteiger partial charge < -0.3 is 10.6 Å². The van der Waals surface area contributed by atoms with Crippen molar-refractivity contribution in [1.82, 2.24) is 10.6 Å². The van der Waals surface area contributed by atoms with E-state index in [1.54, 1.807) is 0 Å². The molecule has 0 aromatic carbocycles. The Kier molecular flexibility index (Phi) is 5.51. The first-order valence-electron chi connectivity index (χ1n) is 3.48. The highest BCUT2D eigenvalue weighted by Gasteiger charge is 2.25.